The number of aromatic nitrogens is 1. The second-order valence-corrected chi connectivity index (χ2v) is 7.20. The fraction of sp³-hybridized carbons (Fsp3) is 0.381. The first-order valence-electron chi connectivity index (χ1n) is 9.49. The number of nitrogens with one attached hydrogen (secondary N) is 1. The smallest absolute Gasteiger partial charge is 0.414 e. The molecule has 1 N–H and O–H groups in total. The molecule has 28 heavy (non-hydrogen) atoms. The van der Waals surface area contributed by atoms with Crippen LogP contribution in [0.4, 0.5) is 14.9 Å². The van der Waals surface area contributed by atoms with Crippen molar-refractivity contribution in [1.82, 2.24) is 10.3 Å². The van der Waals surface area contributed by atoms with Crippen LogP contribution in [0.5, 0.6) is 0 Å². The van der Waals surface area contributed by atoms with Crippen LogP contribution in [0.25, 0.3) is 11.1 Å². The first-order chi connectivity index (χ1) is 13.5. The van der Waals surface area contributed by atoms with Crippen LogP contribution in [-0.2, 0) is 22.6 Å². The standard InChI is InChI=1S/C21H22FN3O3/c1-3-19(26)24-18-6-4-5-14-15(9-23-10-16(14)18)12-7-13-11-28-21(27)25(2)20(13)17(22)8-12/h7-10,18H,3-6,11H2,1-2H3,(H,24,26)/t18-/m1/s1. The number of hydrogen-bond acceptors (Lipinski definition) is 4. The molecule has 2 heterocycles. The zero-order valence-corrected chi connectivity index (χ0v) is 15.9. The summed E-state index contributed by atoms with van der Waals surface area (Å²) in [5.74, 6) is -0.455. The van der Waals surface area contributed by atoms with Gasteiger partial charge in [-0.2, -0.15) is 0 Å². The van der Waals surface area contributed by atoms with E-state index in [2.05, 4.69) is 10.3 Å². The minimum Gasteiger partial charge on any atom is -0.444 e. The number of halogens is 1. The number of cyclic esters (lactones) is 1. The molecule has 1 aliphatic carbocycles. The fourth-order valence-corrected chi connectivity index (χ4v) is 4.04. The van der Waals surface area contributed by atoms with Gasteiger partial charge in [0.2, 0.25) is 5.91 Å². The van der Waals surface area contributed by atoms with E-state index in [1.807, 2.05) is 13.0 Å². The molecule has 146 valence electrons. The van der Waals surface area contributed by atoms with Gasteiger partial charge in [-0.3, -0.25) is 14.7 Å². The number of amides is 2. The van der Waals surface area contributed by atoms with Crippen LogP contribution in [0.1, 0.15) is 48.9 Å². The average Bonchev–Trinajstić information content (AvgIpc) is 2.70. The summed E-state index contributed by atoms with van der Waals surface area (Å²) in [6, 6.07) is 3.23. The molecule has 6 nitrogen and oxygen atoms in total. The van der Waals surface area contributed by atoms with Crippen LogP contribution in [-0.4, -0.2) is 24.0 Å². The minimum absolute atomic E-state index is 0.00734. The van der Waals surface area contributed by atoms with Gasteiger partial charge in [0, 0.05) is 37.0 Å². The van der Waals surface area contributed by atoms with Crippen molar-refractivity contribution < 1.29 is 18.7 Å². The van der Waals surface area contributed by atoms with E-state index in [0.29, 0.717) is 17.5 Å². The maximum Gasteiger partial charge on any atom is 0.414 e. The van der Waals surface area contributed by atoms with Crippen LogP contribution >= 0.6 is 0 Å². The molecule has 4 rings (SSSR count). The highest BCUT2D eigenvalue weighted by Crippen LogP contribution is 2.39. The summed E-state index contributed by atoms with van der Waals surface area (Å²) in [6.45, 7) is 1.87. The molecule has 0 bridgehead atoms. The normalized spacial score (nSPS) is 18.2. The molecule has 0 unspecified atom stereocenters. The number of benzene rings is 1. The van der Waals surface area contributed by atoms with Crippen molar-refractivity contribution >= 4 is 17.7 Å². The Morgan fingerprint density at radius 2 is 2.21 bits per heavy atom. The third-order valence-corrected chi connectivity index (χ3v) is 5.46. The van der Waals surface area contributed by atoms with Crippen molar-refractivity contribution in [3.63, 3.8) is 0 Å². The van der Waals surface area contributed by atoms with Gasteiger partial charge in [0.15, 0.2) is 0 Å². The molecule has 0 saturated carbocycles. The van der Waals surface area contributed by atoms with E-state index in [0.717, 1.165) is 36.0 Å². The SMILES string of the molecule is CCC(=O)N[C@@H]1CCCc2c(-c3cc(F)c4c(c3)COC(=O)N4C)cncc21. The van der Waals surface area contributed by atoms with Gasteiger partial charge in [-0.25, -0.2) is 9.18 Å². The van der Waals surface area contributed by atoms with Gasteiger partial charge in [-0.15, -0.1) is 0 Å². The van der Waals surface area contributed by atoms with E-state index in [1.54, 1.807) is 12.4 Å². The monoisotopic (exact) mass is 383 g/mol. The molecule has 1 aromatic carbocycles. The maximum absolute atomic E-state index is 14.8. The second-order valence-electron chi connectivity index (χ2n) is 7.20. The molecule has 1 aromatic heterocycles. The van der Waals surface area contributed by atoms with E-state index in [1.165, 1.54) is 18.0 Å². The summed E-state index contributed by atoms with van der Waals surface area (Å²) in [4.78, 5) is 29.1. The van der Waals surface area contributed by atoms with E-state index in [4.69, 9.17) is 4.74 Å². The molecule has 0 spiro atoms. The lowest BCUT2D eigenvalue weighted by Gasteiger charge is -2.29. The molecule has 0 fully saturated rings. The van der Waals surface area contributed by atoms with Crippen molar-refractivity contribution in [2.24, 2.45) is 0 Å². The number of ether oxygens (including phenoxy) is 1. The van der Waals surface area contributed by atoms with Crippen molar-refractivity contribution in [2.45, 2.75) is 45.3 Å². The van der Waals surface area contributed by atoms with Crippen LogP contribution in [0.15, 0.2) is 24.5 Å². The largest absolute Gasteiger partial charge is 0.444 e. The number of anilines is 1. The van der Waals surface area contributed by atoms with Gasteiger partial charge >= 0.3 is 6.09 Å². The number of pyridine rings is 1. The first-order valence-corrected chi connectivity index (χ1v) is 9.49. The Morgan fingerprint density at radius 1 is 1.39 bits per heavy atom. The number of rotatable bonds is 3. The van der Waals surface area contributed by atoms with Crippen LogP contribution < -0.4 is 10.2 Å². The minimum atomic E-state index is -0.563. The Labute approximate surface area is 162 Å². The highest BCUT2D eigenvalue weighted by Gasteiger charge is 2.28. The van der Waals surface area contributed by atoms with Gasteiger partial charge in [0.05, 0.1) is 11.7 Å². The third-order valence-electron chi connectivity index (χ3n) is 5.46. The molecular weight excluding hydrogens is 361 g/mol. The fourth-order valence-electron chi connectivity index (χ4n) is 4.04. The summed E-state index contributed by atoms with van der Waals surface area (Å²) >= 11 is 0. The number of nitrogens with zero attached hydrogens (tertiary/aromatic N) is 2. The van der Waals surface area contributed by atoms with Crippen LogP contribution in [0.2, 0.25) is 0 Å². The zero-order valence-electron chi connectivity index (χ0n) is 15.9. The van der Waals surface area contributed by atoms with Crippen molar-refractivity contribution in [1.29, 1.82) is 0 Å². The highest BCUT2D eigenvalue weighted by molar-refractivity contribution is 5.91. The van der Waals surface area contributed by atoms with E-state index >= 15 is 0 Å². The summed E-state index contributed by atoms with van der Waals surface area (Å²) in [6.07, 6.45) is 6.05. The molecule has 7 heteroatoms. The van der Waals surface area contributed by atoms with E-state index in [-0.39, 0.29) is 24.2 Å². The van der Waals surface area contributed by atoms with Gasteiger partial charge in [0.1, 0.15) is 12.4 Å². The Bertz CT molecular complexity index is 960. The highest BCUT2D eigenvalue weighted by atomic mass is 19.1. The topological polar surface area (TPSA) is 71.5 Å². The number of fused-ring (bicyclic) bond motifs is 2. The Morgan fingerprint density at radius 3 is 3.00 bits per heavy atom. The number of carbonyl (C=O) groups is 2. The summed E-state index contributed by atoms with van der Waals surface area (Å²) in [5.41, 5.74) is 4.52. The molecule has 0 radical (unpaired) electrons. The van der Waals surface area contributed by atoms with Gasteiger partial charge in [-0.1, -0.05) is 6.92 Å². The second kappa shape index (κ2) is 7.22. The summed E-state index contributed by atoms with van der Waals surface area (Å²) in [7, 11) is 1.50. The van der Waals surface area contributed by atoms with Gasteiger partial charge in [-0.05, 0) is 48.1 Å². The average molecular weight is 383 g/mol. The van der Waals surface area contributed by atoms with Crippen molar-refractivity contribution in [3.05, 3.63) is 47.0 Å². The Hall–Kier alpha value is -2.96. The number of hydrogen-bond donors (Lipinski definition) is 1. The first kappa shape index (κ1) is 18.4. The summed E-state index contributed by atoms with van der Waals surface area (Å²) < 4.78 is 19.9. The molecular formula is C21H22FN3O3. The predicted octanol–water partition coefficient (Wildman–Crippen LogP) is 3.88. The molecule has 1 aliphatic heterocycles. The van der Waals surface area contributed by atoms with E-state index < -0.39 is 11.9 Å². The van der Waals surface area contributed by atoms with E-state index in [9.17, 15) is 14.0 Å². The molecule has 2 aliphatic rings. The zero-order chi connectivity index (χ0) is 19.8. The molecule has 0 saturated heterocycles. The van der Waals surface area contributed by atoms with Crippen molar-refractivity contribution in [2.75, 3.05) is 11.9 Å². The predicted molar refractivity (Wildman–Crippen MR) is 102 cm³/mol. The maximum atomic E-state index is 14.8. The third kappa shape index (κ3) is 3.10. The lowest BCUT2D eigenvalue weighted by molar-refractivity contribution is -0.121. The summed E-state index contributed by atoms with van der Waals surface area (Å²) in [5, 5.41) is 3.06. The van der Waals surface area contributed by atoms with Crippen LogP contribution in [0, 0.1) is 5.82 Å². The van der Waals surface area contributed by atoms with Crippen LogP contribution in [0.3, 0.4) is 0 Å². The quantitative estimate of drug-likeness (QED) is 0.873. The molecule has 2 amide bonds. The molecule has 2 aromatic rings. The number of carbonyl (C=O) groups excluding carboxylic acids is 2. The Balaban J connectivity index is 1.77. The van der Waals surface area contributed by atoms with Gasteiger partial charge < -0.3 is 10.1 Å². The van der Waals surface area contributed by atoms with Crippen molar-refractivity contribution in [3.8, 4) is 11.1 Å². The lowest BCUT2D eigenvalue weighted by Crippen LogP contribution is -2.32. The van der Waals surface area contributed by atoms with Gasteiger partial charge in [0.25, 0.3) is 0 Å². The molecule has 1 atom stereocenters. The Kier molecular flexibility index (Phi) is 4.75. The lowest BCUT2D eigenvalue weighted by atomic mass is 9.84.